The molecule has 0 saturated heterocycles. The van der Waals surface area contributed by atoms with Crippen molar-refractivity contribution in [3.8, 4) is 0 Å². The molecule has 2 aromatic heterocycles. The van der Waals surface area contributed by atoms with Gasteiger partial charge in [-0.15, -0.1) is 5.10 Å². The van der Waals surface area contributed by atoms with E-state index in [1.54, 1.807) is 6.33 Å². The highest BCUT2D eigenvalue weighted by molar-refractivity contribution is 7.05. The van der Waals surface area contributed by atoms with Crippen molar-refractivity contribution in [2.24, 2.45) is 5.84 Å². The molecule has 19 heavy (non-hydrogen) atoms. The first-order valence-corrected chi connectivity index (χ1v) is 7.09. The molecule has 0 fully saturated rings. The Bertz CT molecular complexity index is 519. The van der Waals surface area contributed by atoms with E-state index in [9.17, 15) is 0 Å². The van der Waals surface area contributed by atoms with Crippen molar-refractivity contribution < 1.29 is 0 Å². The topological polar surface area (TPSA) is 94.5 Å². The minimum Gasteiger partial charge on any atom is -0.271 e. The minimum absolute atomic E-state index is 0.0353. The second kappa shape index (κ2) is 6.18. The Morgan fingerprint density at radius 3 is 2.89 bits per heavy atom. The van der Waals surface area contributed by atoms with Crippen molar-refractivity contribution in [3.05, 3.63) is 22.7 Å². The average Bonchev–Trinajstić information content (AvgIpc) is 3.04. The standard InChI is InChI=1S/C11H19N7S/c1-4-18-9(13-6-14-18)5-8(15-12)11-10(7(2)3)16-17-19-11/h6-8,15H,4-5,12H2,1-3H3. The summed E-state index contributed by atoms with van der Waals surface area (Å²) in [5, 5.41) is 8.36. The van der Waals surface area contributed by atoms with Gasteiger partial charge in [-0.05, 0) is 24.4 Å². The first-order valence-electron chi connectivity index (χ1n) is 6.32. The smallest absolute Gasteiger partial charge is 0.138 e. The van der Waals surface area contributed by atoms with Gasteiger partial charge in [0.1, 0.15) is 12.2 Å². The summed E-state index contributed by atoms with van der Waals surface area (Å²) in [5.74, 6) is 6.92. The molecule has 1 atom stereocenters. The van der Waals surface area contributed by atoms with Crippen LogP contribution < -0.4 is 11.3 Å². The number of nitrogens with two attached hydrogens (primary N) is 1. The van der Waals surface area contributed by atoms with E-state index in [0.29, 0.717) is 12.3 Å². The fourth-order valence-electron chi connectivity index (χ4n) is 1.97. The Labute approximate surface area is 116 Å². The normalized spacial score (nSPS) is 13.1. The summed E-state index contributed by atoms with van der Waals surface area (Å²) in [5.41, 5.74) is 3.83. The molecule has 0 aliphatic heterocycles. The quantitative estimate of drug-likeness (QED) is 0.606. The molecule has 104 valence electrons. The average molecular weight is 281 g/mol. The summed E-state index contributed by atoms with van der Waals surface area (Å²) < 4.78 is 5.91. The monoisotopic (exact) mass is 281 g/mol. The molecule has 0 aliphatic rings. The van der Waals surface area contributed by atoms with Gasteiger partial charge in [0.15, 0.2) is 0 Å². The van der Waals surface area contributed by atoms with Crippen LogP contribution in [0, 0.1) is 0 Å². The van der Waals surface area contributed by atoms with Crippen LogP contribution >= 0.6 is 11.5 Å². The van der Waals surface area contributed by atoms with Crippen LogP contribution in [0.2, 0.25) is 0 Å². The zero-order valence-electron chi connectivity index (χ0n) is 11.4. The molecule has 3 N–H and O–H groups in total. The molecular weight excluding hydrogens is 262 g/mol. The molecule has 2 rings (SSSR count). The van der Waals surface area contributed by atoms with E-state index in [1.165, 1.54) is 11.5 Å². The third kappa shape index (κ3) is 2.96. The second-order valence-electron chi connectivity index (χ2n) is 4.59. The zero-order valence-corrected chi connectivity index (χ0v) is 12.2. The number of rotatable bonds is 6. The maximum Gasteiger partial charge on any atom is 0.138 e. The highest BCUT2D eigenvalue weighted by Crippen LogP contribution is 2.27. The molecule has 8 heteroatoms. The molecule has 0 aromatic carbocycles. The highest BCUT2D eigenvalue weighted by Gasteiger charge is 2.22. The van der Waals surface area contributed by atoms with E-state index < -0.39 is 0 Å². The van der Waals surface area contributed by atoms with Crippen LogP contribution in [-0.2, 0) is 13.0 Å². The molecule has 0 saturated carbocycles. The highest BCUT2D eigenvalue weighted by atomic mass is 32.1. The predicted octanol–water partition coefficient (Wildman–Crippen LogP) is 1.02. The van der Waals surface area contributed by atoms with Gasteiger partial charge < -0.3 is 0 Å². The second-order valence-corrected chi connectivity index (χ2v) is 5.38. The van der Waals surface area contributed by atoms with Crippen molar-refractivity contribution >= 4 is 11.5 Å². The molecule has 0 radical (unpaired) electrons. The van der Waals surface area contributed by atoms with E-state index in [0.717, 1.165) is 22.9 Å². The molecule has 0 aliphatic carbocycles. The maximum atomic E-state index is 5.68. The largest absolute Gasteiger partial charge is 0.271 e. The Hall–Kier alpha value is -1.38. The van der Waals surface area contributed by atoms with Crippen molar-refractivity contribution in [1.82, 2.24) is 29.8 Å². The van der Waals surface area contributed by atoms with Crippen LogP contribution in [0.3, 0.4) is 0 Å². The Morgan fingerprint density at radius 1 is 1.47 bits per heavy atom. The van der Waals surface area contributed by atoms with E-state index >= 15 is 0 Å². The Balaban J connectivity index is 2.23. The lowest BCUT2D eigenvalue weighted by Gasteiger charge is -2.15. The lowest BCUT2D eigenvalue weighted by molar-refractivity contribution is 0.510. The number of hydrogen-bond donors (Lipinski definition) is 2. The van der Waals surface area contributed by atoms with Crippen molar-refractivity contribution in [2.75, 3.05) is 0 Å². The van der Waals surface area contributed by atoms with Crippen molar-refractivity contribution in [1.29, 1.82) is 0 Å². The number of hydrazine groups is 1. The van der Waals surface area contributed by atoms with Gasteiger partial charge in [0.25, 0.3) is 0 Å². The molecule has 0 amide bonds. The predicted molar refractivity (Wildman–Crippen MR) is 73.5 cm³/mol. The van der Waals surface area contributed by atoms with Gasteiger partial charge in [0.2, 0.25) is 0 Å². The van der Waals surface area contributed by atoms with Crippen LogP contribution in [-0.4, -0.2) is 24.4 Å². The molecule has 2 heterocycles. The minimum atomic E-state index is -0.0353. The first kappa shape index (κ1) is 14.0. The third-order valence-corrected chi connectivity index (χ3v) is 3.84. The van der Waals surface area contributed by atoms with Gasteiger partial charge in [-0.2, -0.15) is 5.10 Å². The van der Waals surface area contributed by atoms with E-state index in [-0.39, 0.29) is 6.04 Å². The summed E-state index contributed by atoms with van der Waals surface area (Å²) in [7, 11) is 0. The number of nitrogens with one attached hydrogen (secondary N) is 1. The molecule has 7 nitrogen and oxygen atoms in total. The molecule has 1 unspecified atom stereocenters. The number of hydrogen-bond acceptors (Lipinski definition) is 7. The fourth-order valence-corrected chi connectivity index (χ4v) is 2.83. The van der Waals surface area contributed by atoms with Gasteiger partial charge in [-0.25, -0.2) is 4.98 Å². The van der Waals surface area contributed by atoms with Crippen LogP contribution in [0.4, 0.5) is 0 Å². The summed E-state index contributed by atoms with van der Waals surface area (Å²) in [4.78, 5) is 5.35. The van der Waals surface area contributed by atoms with Gasteiger partial charge in [-0.3, -0.25) is 16.0 Å². The number of nitrogens with zero attached hydrogens (tertiary/aromatic N) is 5. The molecule has 2 aromatic rings. The van der Waals surface area contributed by atoms with Crippen LogP contribution in [0.5, 0.6) is 0 Å². The van der Waals surface area contributed by atoms with E-state index in [2.05, 4.69) is 38.9 Å². The summed E-state index contributed by atoms with van der Waals surface area (Å²) in [6, 6.07) is -0.0353. The number of aromatic nitrogens is 5. The molecule has 0 bridgehead atoms. The fraction of sp³-hybridized carbons (Fsp3) is 0.636. The van der Waals surface area contributed by atoms with Crippen LogP contribution in [0.15, 0.2) is 6.33 Å². The Kier molecular flexibility index (Phi) is 4.56. The summed E-state index contributed by atoms with van der Waals surface area (Å²) in [6.45, 7) is 7.03. The van der Waals surface area contributed by atoms with Crippen LogP contribution in [0.25, 0.3) is 0 Å². The first-order chi connectivity index (χ1) is 9.17. The summed E-state index contributed by atoms with van der Waals surface area (Å²) >= 11 is 1.38. The maximum absolute atomic E-state index is 5.68. The lowest BCUT2D eigenvalue weighted by Crippen LogP contribution is -2.30. The van der Waals surface area contributed by atoms with Crippen molar-refractivity contribution in [3.63, 3.8) is 0 Å². The van der Waals surface area contributed by atoms with Crippen LogP contribution in [0.1, 0.15) is 49.1 Å². The Morgan fingerprint density at radius 2 is 2.26 bits per heavy atom. The van der Waals surface area contributed by atoms with E-state index in [1.807, 2.05) is 11.6 Å². The van der Waals surface area contributed by atoms with Gasteiger partial charge in [0, 0.05) is 13.0 Å². The van der Waals surface area contributed by atoms with E-state index in [4.69, 9.17) is 5.84 Å². The lowest BCUT2D eigenvalue weighted by atomic mass is 10.0. The number of aryl methyl sites for hydroxylation is 1. The third-order valence-electron chi connectivity index (χ3n) is 2.99. The zero-order chi connectivity index (χ0) is 13.8. The van der Waals surface area contributed by atoms with Gasteiger partial charge >= 0.3 is 0 Å². The summed E-state index contributed by atoms with van der Waals surface area (Å²) in [6.07, 6.45) is 2.24. The molecular formula is C11H19N7S. The molecule has 0 spiro atoms. The SMILES string of the molecule is CCn1ncnc1CC(NN)c1snnc1C(C)C. The van der Waals surface area contributed by atoms with Gasteiger partial charge in [-0.1, -0.05) is 18.3 Å². The van der Waals surface area contributed by atoms with Gasteiger partial charge in [0.05, 0.1) is 16.6 Å². The van der Waals surface area contributed by atoms with Crippen molar-refractivity contribution in [2.45, 2.75) is 45.7 Å².